The van der Waals surface area contributed by atoms with Crippen LogP contribution in [0.1, 0.15) is 25.0 Å². The van der Waals surface area contributed by atoms with Gasteiger partial charge in [-0.15, -0.1) is 0 Å². The second-order valence-electron chi connectivity index (χ2n) is 4.96. The van der Waals surface area contributed by atoms with Crippen LogP contribution in [0.15, 0.2) is 30.5 Å². The smallest absolute Gasteiger partial charge is 0.122 e. The van der Waals surface area contributed by atoms with Gasteiger partial charge in [-0.3, -0.25) is 0 Å². The van der Waals surface area contributed by atoms with E-state index >= 15 is 0 Å². The van der Waals surface area contributed by atoms with Gasteiger partial charge in [-0.1, -0.05) is 25.1 Å². The Labute approximate surface area is 110 Å². The Kier molecular flexibility index (Phi) is 4.29. The summed E-state index contributed by atoms with van der Waals surface area (Å²) in [6, 6.07) is 6.47. The van der Waals surface area contributed by atoms with E-state index in [2.05, 4.69) is 56.1 Å². The first-order chi connectivity index (χ1) is 8.72. The minimum Gasteiger partial charge on any atom is -0.493 e. The summed E-state index contributed by atoms with van der Waals surface area (Å²) in [5.74, 6) is 1.58. The van der Waals surface area contributed by atoms with Crippen molar-refractivity contribution >= 4 is 0 Å². The normalized spacial score (nSPS) is 18.4. The van der Waals surface area contributed by atoms with Crippen LogP contribution in [0, 0.1) is 12.8 Å². The zero-order valence-electron chi connectivity index (χ0n) is 11.6. The van der Waals surface area contributed by atoms with Crippen LogP contribution in [0.5, 0.6) is 5.75 Å². The maximum absolute atomic E-state index is 6.01. The zero-order chi connectivity index (χ0) is 13.0. The maximum atomic E-state index is 6.01. The third kappa shape index (κ3) is 3.06. The topological polar surface area (TPSA) is 12.5 Å². The largest absolute Gasteiger partial charge is 0.493 e. The van der Waals surface area contributed by atoms with Crippen LogP contribution in [0.4, 0.5) is 0 Å². The molecule has 18 heavy (non-hydrogen) atoms. The van der Waals surface area contributed by atoms with E-state index in [0.717, 1.165) is 31.9 Å². The van der Waals surface area contributed by atoms with E-state index in [1.54, 1.807) is 0 Å². The molecule has 1 aliphatic heterocycles. The molecule has 2 nitrogen and oxygen atoms in total. The molecule has 98 valence electrons. The Morgan fingerprint density at radius 2 is 2.17 bits per heavy atom. The summed E-state index contributed by atoms with van der Waals surface area (Å²) in [7, 11) is 0. The van der Waals surface area contributed by atoms with Crippen molar-refractivity contribution in [2.24, 2.45) is 5.92 Å². The number of benzene rings is 1. The summed E-state index contributed by atoms with van der Waals surface area (Å²) in [4.78, 5) is 2.32. The van der Waals surface area contributed by atoms with Crippen LogP contribution in [0.2, 0.25) is 0 Å². The Morgan fingerprint density at radius 1 is 1.33 bits per heavy atom. The first kappa shape index (κ1) is 13.0. The van der Waals surface area contributed by atoms with Gasteiger partial charge in [0, 0.05) is 19.0 Å². The number of hydrogen-bond donors (Lipinski definition) is 0. The van der Waals surface area contributed by atoms with Gasteiger partial charge in [-0.05, 0) is 43.7 Å². The van der Waals surface area contributed by atoms with Crippen LogP contribution >= 0.6 is 0 Å². The lowest BCUT2D eigenvalue weighted by molar-refractivity contribution is 0.253. The number of ether oxygens (including phenoxy) is 1. The molecule has 1 aliphatic rings. The van der Waals surface area contributed by atoms with Gasteiger partial charge in [-0.25, -0.2) is 0 Å². The van der Waals surface area contributed by atoms with Crippen molar-refractivity contribution < 1.29 is 4.74 Å². The third-order valence-corrected chi connectivity index (χ3v) is 3.50. The minimum atomic E-state index is 0.523. The lowest BCUT2D eigenvalue weighted by Gasteiger charge is -2.17. The summed E-state index contributed by atoms with van der Waals surface area (Å²) in [5.41, 5.74) is 2.56. The molecule has 0 radical (unpaired) electrons. The Morgan fingerprint density at radius 3 is 2.83 bits per heavy atom. The van der Waals surface area contributed by atoms with Gasteiger partial charge in [0.25, 0.3) is 0 Å². The highest BCUT2D eigenvalue weighted by atomic mass is 16.5. The predicted molar refractivity (Wildman–Crippen MR) is 75.9 cm³/mol. The van der Waals surface area contributed by atoms with Gasteiger partial charge in [0.05, 0.1) is 6.61 Å². The minimum absolute atomic E-state index is 0.523. The molecule has 0 fully saturated rings. The second-order valence-corrected chi connectivity index (χ2v) is 4.96. The third-order valence-electron chi connectivity index (χ3n) is 3.50. The predicted octanol–water partition coefficient (Wildman–Crippen LogP) is 3.40. The molecule has 0 aliphatic carbocycles. The van der Waals surface area contributed by atoms with Gasteiger partial charge in [0.2, 0.25) is 0 Å². The first-order valence-corrected chi connectivity index (χ1v) is 6.87. The summed E-state index contributed by atoms with van der Waals surface area (Å²) in [6.07, 6.45) is 5.47. The van der Waals surface area contributed by atoms with Crippen molar-refractivity contribution in [1.82, 2.24) is 4.90 Å². The van der Waals surface area contributed by atoms with Gasteiger partial charge in [-0.2, -0.15) is 0 Å². The maximum Gasteiger partial charge on any atom is 0.122 e. The molecule has 0 saturated heterocycles. The fourth-order valence-electron chi connectivity index (χ4n) is 2.29. The van der Waals surface area contributed by atoms with Crippen LogP contribution in [-0.4, -0.2) is 24.6 Å². The molecular weight excluding hydrogens is 222 g/mol. The van der Waals surface area contributed by atoms with Crippen molar-refractivity contribution in [2.45, 2.75) is 27.2 Å². The van der Waals surface area contributed by atoms with Crippen molar-refractivity contribution in [3.8, 4) is 5.75 Å². The quantitative estimate of drug-likeness (QED) is 0.788. The molecule has 0 spiro atoms. The van der Waals surface area contributed by atoms with Crippen molar-refractivity contribution in [1.29, 1.82) is 0 Å². The van der Waals surface area contributed by atoms with Gasteiger partial charge in [0.15, 0.2) is 0 Å². The van der Waals surface area contributed by atoms with E-state index in [-0.39, 0.29) is 0 Å². The molecule has 0 aromatic heterocycles. The highest BCUT2D eigenvalue weighted by molar-refractivity contribution is 5.37. The second kappa shape index (κ2) is 5.94. The summed E-state index contributed by atoms with van der Waals surface area (Å²) >= 11 is 0. The summed E-state index contributed by atoms with van der Waals surface area (Å²) in [5, 5.41) is 0. The average molecular weight is 245 g/mol. The number of rotatable bonds is 5. The molecule has 0 amide bonds. The molecule has 0 N–H and O–H groups in total. The fraction of sp³-hybridized carbons (Fsp3) is 0.500. The molecule has 1 atom stereocenters. The van der Waals surface area contributed by atoms with E-state index in [9.17, 15) is 0 Å². The van der Waals surface area contributed by atoms with E-state index in [1.165, 1.54) is 11.1 Å². The molecular formula is C16H23NO. The van der Waals surface area contributed by atoms with Gasteiger partial charge < -0.3 is 9.64 Å². The highest BCUT2D eigenvalue weighted by Gasteiger charge is 2.15. The van der Waals surface area contributed by atoms with Gasteiger partial charge >= 0.3 is 0 Å². The van der Waals surface area contributed by atoms with Crippen LogP contribution in [-0.2, 0) is 6.42 Å². The lowest BCUT2D eigenvalue weighted by Crippen LogP contribution is -2.21. The Bertz CT molecular complexity index is 425. The lowest BCUT2D eigenvalue weighted by atomic mass is 10.1. The van der Waals surface area contributed by atoms with E-state index in [0.29, 0.717) is 5.92 Å². The van der Waals surface area contributed by atoms with Crippen LogP contribution in [0.3, 0.4) is 0 Å². The van der Waals surface area contributed by atoms with Crippen molar-refractivity contribution in [3.05, 3.63) is 41.6 Å². The molecule has 2 rings (SSSR count). The number of nitrogens with zero attached hydrogens (tertiary/aromatic N) is 1. The molecule has 0 saturated carbocycles. The molecule has 1 unspecified atom stereocenters. The van der Waals surface area contributed by atoms with Crippen LogP contribution < -0.4 is 4.74 Å². The summed E-state index contributed by atoms with van der Waals surface area (Å²) < 4.78 is 6.01. The molecule has 1 aromatic carbocycles. The molecule has 1 aromatic rings. The fourth-order valence-corrected chi connectivity index (χ4v) is 2.29. The van der Waals surface area contributed by atoms with E-state index in [1.807, 2.05) is 0 Å². The van der Waals surface area contributed by atoms with Crippen LogP contribution in [0.25, 0.3) is 0 Å². The average Bonchev–Trinajstić information content (AvgIpc) is 2.84. The Hall–Kier alpha value is -1.44. The Balaban J connectivity index is 1.94. The molecule has 2 heteroatoms. The molecule has 0 bridgehead atoms. The van der Waals surface area contributed by atoms with Crippen molar-refractivity contribution in [3.63, 3.8) is 0 Å². The van der Waals surface area contributed by atoms with E-state index < -0.39 is 0 Å². The van der Waals surface area contributed by atoms with Crippen molar-refractivity contribution in [2.75, 3.05) is 19.7 Å². The van der Waals surface area contributed by atoms with E-state index in [4.69, 9.17) is 4.74 Å². The number of hydrogen-bond acceptors (Lipinski definition) is 2. The highest BCUT2D eigenvalue weighted by Crippen LogP contribution is 2.22. The molecule has 1 heterocycles. The standard InChI is InChI=1S/C16H23NO/c1-4-15-7-6-13(3)10-16(15)18-12-14-8-9-17(5-2)11-14/h6-10,14H,4-5,11-12H2,1-3H3. The zero-order valence-corrected chi connectivity index (χ0v) is 11.6. The van der Waals surface area contributed by atoms with Gasteiger partial charge in [0.1, 0.15) is 5.75 Å². The monoisotopic (exact) mass is 245 g/mol. The first-order valence-electron chi connectivity index (χ1n) is 6.87. The SMILES string of the molecule is CCc1ccc(C)cc1OCC1C=CN(CC)C1. The number of aryl methyl sites for hydroxylation is 2. The summed E-state index contributed by atoms with van der Waals surface area (Å²) in [6.45, 7) is 9.42.